The normalized spacial score (nSPS) is 8.24. The molecule has 0 aliphatic heterocycles. The number of hydrogen-bond acceptors (Lipinski definition) is 6. The molecule has 0 unspecified atom stereocenters. The number of nitrogens with zero attached hydrogens (tertiary/aromatic N) is 6. The Kier molecular flexibility index (Phi) is 34.6. The van der Waals surface area contributed by atoms with Gasteiger partial charge in [0.05, 0.1) is 45.6 Å². The first-order valence-electron chi connectivity index (χ1n) is 17.5. The van der Waals surface area contributed by atoms with Crippen LogP contribution in [0.25, 0.3) is 45.6 Å². The van der Waals surface area contributed by atoms with E-state index in [0.717, 1.165) is 45.6 Å². The maximum absolute atomic E-state index is 4.70. The van der Waals surface area contributed by atoms with E-state index in [2.05, 4.69) is 19.9 Å². The zero-order valence-electron chi connectivity index (χ0n) is 31.7. The molecule has 0 bridgehead atoms. The van der Waals surface area contributed by atoms with Gasteiger partial charge in [-0.05, 0) is 72.8 Å². The molecular weight excluding hydrogens is 647 g/mol. The van der Waals surface area contributed by atoms with Gasteiger partial charge in [-0.15, -0.1) is 0 Å². The summed E-state index contributed by atoms with van der Waals surface area (Å²) in [4.78, 5) is 26.5. The van der Waals surface area contributed by atoms with Crippen molar-refractivity contribution in [3.8, 4) is 45.6 Å². The van der Waals surface area contributed by atoms with Crippen LogP contribution >= 0.6 is 0 Å². The molecule has 0 fully saturated rings. The molecule has 0 amide bonds. The minimum absolute atomic E-state index is 0. The topological polar surface area (TPSA) is 77.3 Å². The molecule has 6 heterocycles. The second kappa shape index (κ2) is 34.7. The van der Waals surface area contributed by atoms with Gasteiger partial charge in [-0.2, -0.15) is 0 Å². The molecule has 0 aromatic carbocycles. The molecule has 0 aliphatic carbocycles. The van der Waals surface area contributed by atoms with Gasteiger partial charge in [0.25, 0.3) is 0 Å². The summed E-state index contributed by atoms with van der Waals surface area (Å²) in [5.74, 6) is 0. The van der Waals surface area contributed by atoms with Gasteiger partial charge < -0.3 is 0 Å². The zero-order chi connectivity index (χ0) is 36.4. The van der Waals surface area contributed by atoms with Crippen LogP contribution in [0.2, 0.25) is 0 Å². The number of rotatable bonds is 4. The van der Waals surface area contributed by atoms with Crippen molar-refractivity contribution in [3.63, 3.8) is 0 Å². The van der Waals surface area contributed by atoms with Crippen molar-refractivity contribution in [2.24, 2.45) is 0 Å². The second-order valence-corrected chi connectivity index (χ2v) is 7.68. The van der Waals surface area contributed by atoms with Crippen LogP contribution in [0, 0.1) is 0 Å². The minimum Gasteiger partial charge on any atom is -0.255 e. The summed E-state index contributed by atoms with van der Waals surface area (Å²) in [6.45, 7) is 24.0. The summed E-state index contributed by atoms with van der Waals surface area (Å²) in [7, 11) is 0. The largest absolute Gasteiger partial charge is 0.255 e. The van der Waals surface area contributed by atoms with Gasteiger partial charge in [0.1, 0.15) is 0 Å². The summed E-state index contributed by atoms with van der Waals surface area (Å²) in [5.41, 5.74) is 6.82. The Morgan fingerprint density at radius 2 is 0.429 bits per heavy atom. The summed E-state index contributed by atoms with van der Waals surface area (Å²) in [6, 6.07) is 35.0. The van der Waals surface area contributed by atoms with Gasteiger partial charge in [-0.25, -0.2) is 9.97 Å². The molecule has 6 aromatic heterocycles. The molecule has 6 nitrogen and oxygen atoms in total. The van der Waals surface area contributed by atoms with E-state index in [4.69, 9.17) is 9.97 Å². The molecule has 0 saturated carbocycles. The molecule has 0 saturated heterocycles. The van der Waals surface area contributed by atoms with E-state index < -0.39 is 0 Å². The van der Waals surface area contributed by atoms with Crippen LogP contribution in [0.4, 0.5) is 0 Å². The third kappa shape index (κ3) is 18.5. The Morgan fingerprint density at radius 1 is 0.245 bits per heavy atom. The van der Waals surface area contributed by atoms with Crippen LogP contribution in [0.5, 0.6) is 0 Å². The predicted molar refractivity (Wildman–Crippen MR) is 209 cm³/mol. The van der Waals surface area contributed by atoms with E-state index in [-0.39, 0.29) is 16.8 Å². The monoisotopic (exact) mass is 705 g/mol. The molecular formula is C42H58CoN6. The Morgan fingerprint density at radius 3 is 0.633 bits per heavy atom. The Labute approximate surface area is 308 Å². The van der Waals surface area contributed by atoms with E-state index in [9.17, 15) is 0 Å². The first-order chi connectivity index (χ1) is 23.9. The van der Waals surface area contributed by atoms with Crippen molar-refractivity contribution in [2.75, 3.05) is 0 Å². The van der Waals surface area contributed by atoms with Crippen LogP contribution in [-0.2, 0) is 16.8 Å². The summed E-state index contributed by atoms with van der Waals surface area (Å²) < 4.78 is 0. The van der Waals surface area contributed by atoms with Gasteiger partial charge in [0, 0.05) is 41.6 Å². The Balaban J connectivity index is -0.000000717. The van der Waals surface area contributed by atoms with E-state index >= 15 is 0 Å². The summed E-state index contributed by atoms with van der Waals surface area (Å²) >= 11 is 0. The van der Waals surface area contributed by atoms with Crippen molar-refractivity contribution in [2.45, 2.75) is 83.1 Å². The third-order valence-electron chi connectivity index (χ3n) is 5.21. The van der Waals surface area contributed by atoms with Crippen molar-refractivity contribution in [3.05, 3.63) is 134 Å². The number of aromatic nitrogens is 6. The fraction of sp³-hybridized carbons (Fsp3) is 0.286. The number of hydrogen-bond donors (Lipinski definition) is 0. The van der Waals surface area contributed by atoms with Crippen molar-refractivity contribution in [1.29, 1.82) is 0 Å². The quantitative estimate of drug-likeness (QED) is 0.182. The maximum Gasteiger partial charge on any atom is 0.0894 e. The van der Waals surface area contributed by atoms with E-state index in [0.29, 0.717) is 0 Å². The van der Waals surface area contributed by atoms with Crippen LogP contribution in [0.1, 0.15) is 83.1 Å². The van der Waals surface area contributed by atoms with E-state index in [1.165, 1.54) is 0 Å². The first kappa shape index (κ1) is 48.8. The second-order valence-electron chi connectivity index (χ2n) is 7.68. The Bertz CT molecular complexity index is 1400. The van der Waals surface area contributed by atoms with Gasteiger partial charge in [-0.1, -0.05) is 119 Å². The molecule has 49 heavy (non-hydrogen) atoms. The van der Waals surface area contributed by atoms with Crippen LogP contribution in [0.3, 0.4) is 0 Å². The fourth-order valence-corrected chi connectivity index (χ4v) is 3.50. The van der Waals surface area contributed by atoms with Gasteiger partial charge in [-0.3, -0.25) is 19.9 Å². The van der Waals surface area contributed by atoms with Crippen LogP contribution in [0.15, 0.2) is 134 Å². The molecule has 0 N–H and O–H groups in total. The van der Waals surface area contributed by atoms with Gasteiger partial charge in [0.2, 0.25) is 0 Å². The molecule has 6 aromatic rings. The zero-order valence-corrected chi connectivity index (χ0v) is 32.8. The van der Waals surface area contributed by atoms with Crippen molar-refractivity contribution >= 4 is 0 Å². The number of pyridine rings is 6. The molecule has 1 radical (unpaired) electrons. The molecule has 0 spiro atoms. The first-order valence-corrected chi connectivity index (χ1v) is 17.5. The van der Waals surface area contributed by atoms with Crippen LogP contribution < -0.4 is 0 Å². The third-order valence-corrected chi connectivity index (χ3v) is 5.21. The molecule has 0 aliphatic rings. The smallest absolute Gasteiger partial charge is 0.0894 e. The summed E-state index contributed by atoms with van der Waals surface area (Å²) in [6.07, 6.45) is 7.07. The Hall–Kier alpha value is -4.59. The maximum atomic E-state index is 4.70. The molecule has 0 atom stereocenters. The van der Waals surface area contributed by atoms with Gasteiger partial charge >= 0.3 is 0 Å². The van der Waals surface area contributed by atoms with E-state index in [1.807, 2.05) is 192 Å². The molecule has 265 valence electrons. The molecule has 7 heteroatoms. The minimum atomic E-state index is 0. The van der Waals surface area contributed by atoms with Crippen LogP contribution in [-0.4, -0.2) is 29.9 Å². The molecule has 6 rings (SSSR count). The van der Waals surface area contributed by atoms with Crippen molar-refractivity contribution < 1.29 is 16.8 Å². The SMILES string of the molecule is CC.CC.CC.CC.CC.CC.[Co].c1ccc(-c2cccc(-c3cccc(-c4ccccn4)n3)n2)nc1.c1ccc(-c2ccccn2)nc1. The fourth-order valence-electron chi connectivity index (χ4n) is 3.50. The van der Waals surface area contributed by atoms with E-state index in [1.54, 1.807) is 24.8 Å². The van der Waals surface area contributed by atoms with Gasteiger partial charge in [0.15, 0.2) is 0 Å². The van der Waals surface area contributed by atoms with Crippen molar-refractivity contribution in [1.82, 2.24) is 29.9 Å². The average Bonchev–Trinajstić information content (AvgIpc) is 3.24. The predicted octanol–water partition coefficient (Wildman–Crippen LogP) is 12.6. The summed E-state index contributed by atoms with van der Waals surface area (Å²) in [5, 5.41) is 0. The standard InChI is InChI=1S/C20H14N4.C10H8N2.6C2H6.Co/c1-3-13-21-15(7-1)17-9-5-11-19(23-17)20-12-6-10-18(24-20)16-8-2-4-14-22-16;1-3-7-11-9(5-1)10-6-2-4-8-12-10;6*1-2;/h1-14H;1-8H;6*1-2H3;. The average molecular weight is 706 g/mol.